The highest BCUT2D eigenvalue weighted by Crippen LogP contribution is 2.38. The molecule has 2 aliphatic rings. The van der Waals surface area contributed by atoms with Crippen LogP contribution in [0.2, 0.25) is 0 Å². The molecule has 1 heteroatoms. The summed E-state index contributed by atoms with van der Waals surface area (Å²) in [7, 11) is 0. The van der Waals surface area contributed by atoms with Crippen LogP contribution in [-0.2, 0) is 4.79 Å². The fraction of sp³-hybridized carbons (Fsp3) is 0.500. The number of aldehydes is 1. The molecule has 0 aromatic rings. The monoisotopic (exact) mass is 148 g/mol. The standard InChI is InChI=1S/C10H12O/c11-7-9-5-1-3-8-4-2-6-10(8)9/h1,3,5,7-8,10H,2,4,6H2/t8-,10-/m1/s1. The normalized spacial score (nSPS) is 34.7. The second-order valence-electron chi connectivity index (χ2n) is 3.37. The van der Waals surface area contributed by atoms with Crippen molar-refractivity contribution in [2.45, 2.75) is 19.3 Å². The molecule has 0 amide bonds. The van der Waals surface area contributed by atoms with Crippen LogP contribution in [0.3, 0.4) is 0 Å². The van der Waals surface area contributed by atoms with Crippen molar-refractivity contribution in [1.29, 1.82) is 0 Å². The molecule has 0 unspecified atom stereocenters. The van der Waals surface area contributed by atoms with Crippen molar-refractivity contribution in [3.63, 3.8) is 0 Å². The van der Waals surface area contributed by atoms with Gasteiger partial charge in [-0.15, -0.1) is 0 Å². The summed E-state index contributed by atoms with van der Waals surface area (Å²) in [5.74, 6) is 1.22. The quantitative estimate of drug-likeness (QED) is 0.520. The van der Waals surface area contributed by atoms with Crippen LogP contribution in [0.5, 0.6) is 0 Å². The summed E-state index contributed by atoms with van der Waals surface area (Å²) >= 11 is 0. The lowest BCUT2D eigenvalue weighted by atomic mass is 9.85. The molecule has 0 spiro atoms. The lowest BCUT2D eigenvalue weighted by molar-refractivity contribution is -0.105. The summed E-state index contributed by atoms with van der Waals surface area (Å²) in [4.78, 5) is 10.6. The van der Waals surface area contributed by atoms with Gasteiger partial charge in [0.2, 0.25) is 0 Å². The average Bonchev–Trinajstić information content (AvgIpc) is 2.50. The first-order chi connectivity index (χ1) is 5.42. The number of carbonyl (C=O) groups excluding carboxylic acids is 1. The minimum atomic E-state index is 0.553. The third kappa shape index (κ3) is 1.05. The first-order valence-corrected chi connectivity index (χ1v) is 4.25. The molecule has 11 heavy (non-hydrogen) atoms. The maximum Gasteiger partial charge on any atom is 0.146 e. The number of allylic oxidation sites excluding steroid dienone is 4. The van der Waals surface area contributed by atoms with E-state index in [0.29, 0.717) is 11.8 Å². The van der Waals surface area contributed by atoms with Crippen molar-refractivity contribution >= 4 is 6.29 Å². The molecule has 0 aliphatic heterocycles. The van der Waals surface area contributed by atoms with E-state index in [9.17, 15) is 4.79 Å². The number of rotatable bonds is 1. The topological polar surface area (TPSA) is 17.1 Å². The van der Waals surface area contributed by atoms with Gasteiger partial charge >= 0.3 is 0 Å². The minimum absolute atomic E-state index is 0.553. The molecule has 1 saturated carbocycles. The highest BCUT2D eigenvalue weighted by atomic mass is 16.1. The first-order valence-electron chi connectivity index (χ1n) is 4.25. The van der Waals surface area contributed by atoms with Gasteiger partial charge in [-0.2, -0.15) is 0 Å². The van der Waals surface area contributed by atoms with Crippen molar-refractivity contribution in [2.24, 2.45) is 11.8 Å². The summed E-state index contributed by atoms with van der Waals surface area (Å²) in [6.07, 6.45) is 11.0. The van der Waals surface area contributed by atoms with E-state index in [1.807, 2.05) is 12.2 Å². The molecular weight excluding hydrogens is 136 g/mol. The van der Waals surface area contributed by atoms with E-state index in [4.69, 9.17) is 0 Å². The Bertz CT molecular complexity index is 225. The van der Waals surface area contributed by atoms with Crippen LogP contribution in [0.1, 0.15) is 19.3 Å². The Morgan fingerprint density at radius 2 is 2.36 bits per heavy atom. The molecule has 0 N–H and O–H groups in total. The van der Waals surface area contributed by atoms with E-state index in [-0.39, 0.29) is 0 Å². The van der Waals surface area contributed by atoms with Crippen LogP contribution in [0.15, 0.2) is 23.8 Å². The largest absolute Gasteiger partial charge is 0.298 e. The molecule has 0 aromatic heterocycles. The van der Waals surface area contributed by atoms with Gasteiger partial charge in [0.05, 0.1) is 0 Å². The van der Waals surface area contributed by atoms with Gasteiger partial charge < -0.3 is 0 Å². The Labute approximate surface area is 66.8 Å². The average molecular weight is 148 g/mol. The van der Waals surface area contributed by atoms with Gasteiger partial charge in [0.1, 0.15) is 6.29 Å². The number of fused-ring (bicyclic) bond motifs is 1. The third-order valence-corrected chi connectivity index (χ3v) is 2.78. The molecule has 2 atom stereocenters. The molecule has 2 aliphatic carbocycles. The maximum atomic E-state index is 10.6. The van der Waals surface area contributed by atoms with Gasteiger partial charge in [-0.25, -0.2) is 0 Å². The van der Waals surface area contributed by atoms with E-state index >= 15 is 0 Å². The maximum absolute atomic E-state index is 10.6. The van der Waals surface area contributed by atoms with Crippen LogP contribution in [-0.4, -0.2) is 6.29 Å². The molecule has 1 nitrogen and oxygen atoms in total. The van der Waals surface area contributed by atoms with Gasteiger partial charge in [-0.1, -0.05) is 24.6 Å². The van der Waals surface area contributed by atoms with Gasteiger partial charge in [-0.3, -0.25) is 4.79 Å². The van der Waals surface area contributed by atoms with Crippen molar-refractivity contribution in [1.82, 2.24) is 0 Å². The highest BCUT2D eigenvalue weighted by molar-refractivity contribution is 5.75. The van der Waals surface area contributed by atoms with Gasteiger partial charge in [0.25, 0.3) is 0 Å². The summed E-state index contributed by atoms with van der Waals surface area (Å²) in [6.45, 7) is 0. The molecule has 2 rings (SSSR count). The van der Waals surface area contributed by atoms with E-state index in [2.05, 4.69) is 6.08 Å². The SMILES string of the molecule is O=CC1=CC=C[C@@H]2CCC[C@@H]12. The van der Waals surface area contributed by atoms with Crippen LogP contribution >= 0.6 is 0 Å². The second-order valence-corrected chi connectivity index (χ2v) is 3.37. The Morgan fingerprint density at radius 3 is 3.18 bits per heavy atom. The lowest BCUT2D eigenvalue weighted by Crippen LogP contribution is -2.11. The molecule has 1 fully saturated rings. The highest BCUT2D eigenvalue weighted by Gasteiger charge is 2.29. The van der Waals surface area contributed by atoms with E-state index < -0.39 is 0 Å². The summed E-state index contributed by atoms with van der Waals surface area (Å²) < 4.78 is 0. The van der Waals surface area contributed by atoms with E-state index in [1.165, 1.54) is 19.3 Å². The minimum Gasteiger partial charge on any atom is -0.298 e. The van der Waals surface area contributed by atoms with Crippen LogP contribution in [0, 0.1) is 11.8 Å². The Kier molecular flexibility index (Phi) is 1.65. The third-order valence-electron chi connectivity index (χ3n) is 2.78. The van der Waals surface area contributed by atoms with Crippen LogP contribution < -0.4 is 0 Å². The second kappa shape index (κ2) is 2.65. The predicted octanol–water partition coefficient (Wildman–Crippen LogP) is 2.10. The van der Waals surface area contributed by atoms with Crippen molar-refractivity contribution in [3.05, 3.63) is 23.8 Å². The number of hydrogen-bond donors (Lipinski definition) is 0. The molecule has 0 radical (unpaired) electrons. The van der Waals surface area contributed by atoms with Gasteiger partial charge in [-0.05, 0) is 30.3 Å². The van der Waals surface area contributed by atoms with Crippen LogP contribution in [0.4, 0.5) is 0 Å². The zero-order chi connectivity index (χ0) is 7.68. The predicted molar refractivity (Wildman–Crippen MR) is 44.1 cm³/mol. The number of hydrogen-bond acceptors (Lipinski definition) is 1. The van der Waals surface area contributed by atoms with E-state index in [1.54, 1.807) is 0 Å². The fourth-order valence-corrected chi connectivity index (χ4v) is 2.19. The Balaban J connectivity index is 2.26. The molecule has 0 aromatic carbocycles. The Morgan fingerprint density at radius 1 is 1.45 bits per heavy atom. The summed E-state index contributed by atoms with van der Waals surface area (Å²) in [5, 5.41) is 0. The molecule has 0 heterocycles. The molecular formula is C10H12O. The molecule has 58 valence electrons. The first kappa shape index (κ1) is 6.84. The molecule has 0 bridgehead atoms. The fourth-order valence-electron chi connectivity index (χ4n) is 2.19. The zero-order valence-corrected chi connectivity index (χ0v) is 6.49. The van der Waals surface area contributed by atoms with Crippen LogP contribution in [0.25, 0.3) is 0 Å². The van der Waals surface area contributed by atoms with E-state index in [0.717, 1.165) is 11.9 Å². The van der Waals surface area contributed by atoms with Gasteiger partial charge in [0, 0.05) is 0 Å². The van der Waals surface area contributed by atoms with Crippen molar-refractivity contribution in [2.75, 3.05) is 0 Å². The smallest absolute Gasteiger partial charge is 0.146 e. The summed E-state index contributed by atoms with van der Waals surface area (Å²) in [5.41, 5.74) is 1.01. The molecule has 0 saturated heterocycles. The van der Waals surface area contributed by atoms with Crippen molar-refractivity contribution in [3.8, 4) is 0 Å². The van der Waals surface area contributed by atoms with Gasteiger partial charge in [0.15, 0.2) is 0 Å². The lowest BCUT2D eigenvalue weighted by Gasteiger charge is -2.18. The van der Waals surface area contributed by atoms with Crippen molar-refractivity contribution < 1.29 is 4.79 Å². The number of carbonyl (C=O) groups is 1. The zero-order valence-electron chi connectivity index (χ0n) is 6.49. The Hall–Kier alpha value is -0.850. The summed E-state index contributed by atoms with van der Waals surface area (Å²) in [6, 6.07) is 0.